The molecule has 0 saturated heterocycles. The van der Waals surface area contributed by atoms with Gasteiger partial charge in [-0.2, -0.15) is 0 Å². The van der Waals surface area contributed by atoms with E-state index < -0.39 is 9.84 Å². The maximum atomic E-state index is 11.3. The van der Waals surface area contributed by atoms with Gasteiger partial charge in [0.25, 0.3) is 0 Å². The molecular formula is C9H12O2S2. The second-order valence-corrected chi connectivity index (χ2v) is 5.76. The summed E-state index contributed by atoms with van der Waals surface area (Å²) in [6.07, 6.45) is 3.11. The second-order valence-electron chi connectivity index (χ2n) is 2.93. The van der Waals surface area contributed by atoms with Gasteiger partial charge in [-0.15, -0.1) is 11.8 Å². The van der Waals surface area contributed by atoms with E-state index in [2.05, 4.69) is 0 Å². The maximum absolute atomic E-state index is 11.3. The van der Waals surface area contributed by atoms with Crippen LogP contribution in [0.1, 0.15) is 5.56 Å². The Morgan fingerprint density at radius 2 is 1.92 bits per heavy atom. The average Bonchev–Trinajstić information content (AvgIpc) is 2.01. The molecule has 0 bridgehead atoms. The van der Waals surface area contributed by atoms with Crippen LogP contribution in [-0.4, -0.2) is 20.9 Å². The van der Waals surface area contributed by atoms with Gasteiger partial charge in [0.05, 0.1) is 4.90 Å². The van der Waals surface area contributed by atoms with Gasteiger partial charge in [0.1, 0.15) is 0 Å². The number of sulfone groups is 1. The Hall–Kier alpha value is -0.480. The molecule has 2 nitrogen and oxygen atoms in total. The Kier molecular flexibility index (Phi) is 3.03. The van der Waals surface area contributed by atoms with E-state index in [0.717, 1.165) is 10.5 Å². The van der Waals surface area contributed by atoms with E-state index in [-0.39, 0.29) is 0 Å². The lowest BCUT2D eigenvalue weighted by Gasteiger charge is -2.05. The maximum Gasteiger partial charge on any atom is 0.176 e. The molecule has 0 N–H and O–H groups in total. The molecule has 1 aromatic rings. The molecule has 0 aromatic heterocycles. The minimum absolute atomic E-state index is 0.422. The quantitative estimate of drug-likeness (QED) is 0.710. The molecule has 4 heteroatoms. The summed E-state index contributed by atoms with van der Waals surface area (Å²) in [6, 6.07) is 5.37. The van der Waals surface area contributed by atoms with Crippen LogP contribution in [0.4, 0.5) is 0 Å². The SMILES string of the molecule is CSc1cc(C)ccc1S(C)(=O)=O. The fourth-order valence-electron chi connectivity index (χ4n) is 1.08. The third kappa shape index (κ3) is 2.48. The molecule has 0 atom stereocenters. The number of hydrogen-bond donors (Lipinski definition) is 0. The van der Waals surface area contributed by atoms with Crippen molar-refractivity contribution in [1.29, 1.82) is 0 Å². The van der Waals surface area contributed by atoms with Crippen LogP contribution in [-0.2, 0) is 9.84 Å². The first-order chi connectivity index (χ1) is 5.95. The zero-order valence-corrected chi connectivity index (χ0v) is 9.50. The largest absolute Gasteiger partial charge is 0.224 e. The molecular weight excluding hydrogens is 204 g/mol. The summed E-state index contributed by atoms with van der Waals surface area (Å²) in [5, 5.41) is 0. The zero-order valence-electron chi connectivity index (χ0n) is 7.87. The lowest BCUT2D eigenvalue weighted by molar-refractivity contribution is 0.600. The van der Waals surface area contributed by atoms with Crippen molar-refractivity contribution >= 4 is 21.6 Å². The van der Waals surface area contributed by atoms with E-state index in [4.69, 9.17) is 0 Å². The predicted octanol–water partition coefficient (Wildman–Crippen LogP) is 2.12. The third-order valence-electron chi connectivity index (χ3n) is 1.72. The van der Waals surface area contributed by atoms with E-state index >= 15 is 0 Å². The van der Waals surface area contributed by atoms with Crippen molar-refractivity contribution in [3.05, 3.63) is 23.8 Å². The molecule has 0 fully saturated rings. The van der Waals surface area contributed by atoms with Gasteiger partial charge in [-0.05, 0) is 30.9 Å². The van der Waals surface area contributed by atoms with Crippen molar-refractivity contribution in [2.45, 2.75) is 16.7 Å². The molecule has 0 aliphatic rings. The second kappa shape index (κ2) is 3.72. The van der Waals surface area contributed by atoms with E-state index in [0.29, 0.717) is 4.90 Å². The Morgan fingerprint density at radius 3 is 2.38 bits per heavy atom. The average molecular weight is 216 g/mol. The molecule has 0 heterocycles. The van der Waals surface area contributed by atoms with Crippen LogP contribution in [0.5, 0.6) is 0 Å². The van der Waals surface area contributed by atoms with Crippen molar-refractivity contribution in [2.24, 2.45) is 0 Å². The van der Waals surface area contributed by atoms with Crippen LogP contribution in [0, 0.1) is 6.92 Å². The highest BCUT2D eigenvalue weighted by Crippen LogP contribution is 2.25. The van der Waals surface area contributed by atoms with Crippen molar-refractivity contribution in [1.82, 2.24) is 0 Å². The molecule has 1 aromatic carbocycles. The Bertz CT molecular complexity index is 408. The van der Waals surface area contributed by atoms with Gasteiger partial charge < -0.3 is 0 Å². The number of benzene rings is 1. The van der Waals surface area contributed by atoms with E-state index in [1.807, 2.05) is 25.3 Å². The molecule has 0 spiro atoms. The van der Waals surface area contributed by atoms with Crippen molar-refractivity contribution in [2.75, 3.05) is 12.5 Å². The molecule has 0 radical (unpaired) electrons. The van der Waals surface area contributed by atoms with Gasteiger partial charge >= 0.3 is 0 Å². The van der Waals surface area contributed by atoms with Crippen LogP contribution < -0.4 is 0 Å². The van der Waals surface area contributed by atoms with Crippen molar-refractivity contribution in [3.8, 4) is 0 Å². The Balaban J connectivity index is 3.39. The van der Waals surface area contributed by atoms with Gasteiger partial charge in [-0.1, -0.05) is 6.07 Å². The highest BCUT2D eigenvalue weighted by molar-refractivity contribution is 7.99. The van der Waals surface area contributed by atoms with Crippen LogP contribution in [0.2, 0.25) is 0 Å². The first-order valence-electron chi connectivity index (χ1n) is 3.80. The molecule has 0 aliphatic carbocycles. The first-order valence-corrected chi connectivity index (χ1v) is 6.91. The fraction of sp³-hybridized carbons (Fsp3) is 0.333. The molecule has 13 heavy (non-hydrogen) atoms. The number of rotatable bonds is 2. The number of hydrogen-bond acceptors (Lipinski definition) is 3. The predicted molar refractivity (Wildman–Crippen MR) is 56.1 cm³/mol. The summed E-state index contributed by atoms with van der Waals surface area (Å²) in [7, 11) is -3.08. The smallest absolute Gasteiger partial charge is 0.176 e. The lowest BCUT2D eigenvalue weighted by atomic mass is 10.2. The Morgan fingerprint density at radius 1 is 1.31 bits per heavy atom. The lowest BCUT2D eigenvalue weighted by Crippen LogP contribution is -1.99. The zero-order chi connectivity index (χ0) is 10.1. The first kappa shape index (κ1) is 10.6. The van der Waals surface area contributed by atoms with Gasteiger partial charge in [0.2, 0.25) is 0 Å². The van der Waals surface area contributed by atoms with Crippen LogP contribution in [0.25, 0.3) is 0 Å². The normalized spacial score (nSPS) is 11.6. The van der Waals surface area contributed by atoms with Crippen LogP contribution >= 0.6 is 11.8 Å². The van der Waals surface area contributed by atoms with Gasteiger partial charge in [0.15, 0.2) is 9.84 Å². The van der Waals surface area contributed by atoms with E-state index in [9.17, 15) is 8.42 Å². The highest BCUT2D eigenvalue weighted by Gasteiger charge is 2.11. The van der Waals surface area contributed by atoms with E-state index in [1.54, 1.807) is 6.07 Å². The standard InChI is InChI=1S/C9H12O2S2/c1-7-4-5-9(13(3,10)11)8(6-7)12-2/h4-6H,1-3H3. The summed E-state index contributed by atoms with van der Waals surface area (Å²) < 4.78 is 22.6. The highest BCUT2D eigenvalue weighted by atomic mass is 32.2. The summed E-state index contributed by atoms with van der Waals surface area (Å²) in [6.45, 7) is 1.95. The van der Waals surface area contributed by atoms with Crippen LogP contribution in [0.15, 0.2) is 28.0 Å². The molecule has 0 aliphatic heterocycles. The molecule has 0 unspecified atom stereocenters. The molecule has 0 saturated carbocycles. The monoisotopic (exact) mass is 216 g/mol. The Labute approximate surface area is 83.3 Å². The van der Waals surface area contributed by atoms with Gasteiger partial charge in [-0.3, -0.25) is 0 Å². The number of thioether (sulfide) groups is 1. The van der Waals surface area contributed by atoms with Gasteiger partial charge in [0, 0.05) is 11.2 Å². The summed E-state index contributed by atoms with van der Waals surface area (Å²) in [5.74, 6) is 0. The fourth-order valence-corrected chi connectivity index (χ4v) is 3.10. The summed E-state index contributed by atoms with van der Waals surface area (Å²) in [4.78, 5) is 1.24. The summed E-state index contributed by atoms with van der Waals surface area (Å²) >= 11 is 1.46. The van der Waals surface area contributed by atoms with E-state index in [1.165, 1.54) is 18.0 Å². The van der Waals surface area contributed by atoms with Crippen LogP contribution in [0.3, 0.4) is 0 Å². The topological polar surface area (TPSA) is 34.1 Å². The molecule has 1 rings (SSSR count). The number of aryl methyl sites for hydroxylation is 1. The van der Waals surface area contributed by atoms with Gasteiger partial charge in [-0.25, -0.2) is 8.42 Å². The third-order valence-corrected chi connectivity index (χ3v) is 3.78. The molecule has 0 amide bonds. The minimum atomic E-state index is -3.08. The van der Waals surface area contributed by atoms with Crippen molar-refractivity contribution in [3.63, 3.8) is 0 Å². The summed E-state index contributed by atoms with van der Waals surface area (Å²) in [5.41, 5.74) is 1.08. The van der Waals surface area contributed by atoms with Crippen molar-refractivity contribution < 1.29 is 8.42 Å². The minimum Gasteiger partial charge on any atom is -0.224 e. The molecule has 72 valence electrons.